The van der Waals surface area contributed by atoms with Gasteiger partial charge in [0.05, 0.1) is 11.2 Å². The maximum atomic E-state index is 10.4. The highest BCUT2D eigenvalue weighted by atomic mass is 79.9. The minimum absolute atomic E-state index is 0.627. The van der Waals surface area contributed by atoms with Crippen molar-refractivity contribution in [1.82, 2.24) is 4.98 Å². The summed E-state index contributed by atoms with van der Waals surface area (Å²) in [6, 6.07) is 9.49. The van der Waals surface area contributed by atoms with E-state index in [1.54, 1.807) is 6.07 Å². The molecule has 1 aromatic heterocycles. The highest BCUT2D eigenvalue weighted by Crippen LogP contribution is 2.22. The number of hydrogen-bond donors (Lipinski definition) is 1. The number of rotatable bonds is 2. The summed E-state index contributed by atoms with van der Waals surface area (Å²) in [6.45, 7) is 0. The Morgan fingerprint density at radius 2 is 2.12 bits per heavy atom. The zero-order valence-corrected chi connectivity index (χ0v) is 9.81. The van der Waals surface area contributed by atoms with Gasteiger partial charge in [0.25, 0.3) is 0 Å². The molecule has 0 aliphatic heterocycles. The second-order valence-corrected chi connectivity index (χ2v) is 4.07. The van der Waals surface area contributed by atoms with Gasteiger partial charge in [-0.3, -0.25) is 0 Å². The summed E-state index contributed by atoms with van der Waals surface area (Å²) in [7, 11) is 0. The lowest BCUT2D eigenvalue weighted by atomic mass is 10.2. The summed E-state index contributed by atoms with van der Waals surface area (Å²) >= 11 is 3.41. The van der Waals surface area contributed by atoms with E-state index in [4.69, 9.17) is 5.11 Å². The van der Waals surface area contributed by atoms with E-state index < -0.39 is 5.97 Å². The molecular weight excluding hydrogens is 270 g/mol. The first-order valence-corrected chi connectivity index (χ1v) is 5.42. The maximum Gasteiger partial charge on any atom is 0.328 e. The molecule has 2 aromatic rings. The lowest BCUT2D eigenvalue weighted by molar-refractivity contribution is -0.131. The monoisotopic (exact) mass is 277 g/mol. The minimum Gasteiger partial charge on any atom is -0.478 e. The summed E-state index contributed by atoms with van der Waals surface area (Å²) in [6.07, 6.45) is 2.55. The van der Waals surface area contributed by atoms with Crippen LogP contribution in [0.5, 0.6) is 0 Å². The Kier molecular flexibility index (Phi) is 3.01. The van der Waals surface area contributed by atoms with Crippen LogP contribution in [0.15, 0.2) is 40.9 Å². The predicted octanol–water partition coefficient (Wildman–Crippen LogP) is 3.10. The van der Waals surface area contributed by atoms with Crippen LogP contribution < -0.4 is 0 Å². The van der Waals surface area contributed by atoms with Crippen LogP contribution in [0, 0.1) is 0 Å². The number of pyridine rings is 1. The lowest BCUT2D eigenvalue weighted by Crippen LogP contribution is -1.88. The molecule has 0 saturated carbocycles. The average molecular weight is 278 g/mol. The summed E-state index contributed by atoms with van der Waals surface area (Å²) in [5, 5.41) is 9.53. The molecule has 0 bridgehead atoms. The second-order valence-electron chi connectivity index (χ2n) is 3.22. The molecule has 3 nitrogen and oxygen atoms in total. The van der Waals surface area contributed by atoms with Crippen LogP contribution in [0.25, 0.3) is 17.0 Å². The molecule has 0 unspecified atom stereocenters. The molecule has 0 spiro atoms. The summed E-state index contributed by atoms with van der Waals surface area (Å²) in [5.74, 6) is -0.978. The van der Waals surface area contributed by atoms with Crippen molar-refractivity contribution in [3.05, 3.63) is 46.6 Å². The topological polar surface area (TPSA) is 50.2 Å². The average Bonchev–Trinajstić information content (AvgIpc) is 2.27. The van der Waals surface area contributed by atoms with Crippen molar-refractivity contribution in [3.63, 3.8) is 0 Å². The van der Waals surface area contributed by atoms with E-state index in [2.05, 4.69) is 20.9 Å². The number of hydrogen-bond acceptors (Lipinski definition) is 2. The van der Waals surface area contributed by atoms with Crippen molar-refractivity contribution >= 4 is 38.9 Å². The smallest absolute Gasteiger partial charge is 0.328 e. The Hall–Kier alpha value is -1.68. The van der Waals surface area contributed by atoms with Gasteiger partial charge in [-0.1, -0.05) is 18.2 Å². The van der Waals surface area contributed by atoms with E-state index in [1.807, 2.05) is 24.3 Å². The molecule has 0 aliphatic carbocycles. The van der Waals surface area contributed by atoms with E-state index >= 15 is 0 Å². The van der Waals surface area contributed by atoms with E-state index in [1.165, 1.54) is 6.08 Å². The summed E-state index contributed by atoms with van der Waals surface area (Å²) in [5.41, 5.74) is 1.46. The van der Waals surface area contributed by atoms with Gasteiger partial charge in [0.1, 0.15) is 0 Å². The highest BCUT2D eigenvalue weighted by Gasteiger charge is 2.00. The predicted molar refractivity (Wildman–Crippen MR) is 66.1 cm³/mol. The molecule has 0 atom stereocenters. The molecule has 0 aliphatic rings. The first-order chi connectivity index (χ1) is 7.66. The van der Waals surface area contributed by atoms with Gasteiger partial charge in [-0.25, -0.2) is 9.78 Å². The molecule has 80 valence electrons. The number of nitrogens with zero attached hydrogens (tertiary/aromatic N) is 1. The Morgan fingerprint density at radius 1 is 1.31 bits per heavy atom. The van der Waals surface area contributed by atoms with Crippen LogP contribution in [0.3, 0.4) is 0 Å². The number of benzene rings is 1. The van der Waals surface area contributed by atoms with Gasteiger partial charge >= 0.3 is 5.97 Å². The third-order valence-electron chi connectivity index (χ3n) is 2.09. The van der Waals surface area contributed by atoms with Crippen LogP contribution in [-0.4, -0.2) is 16.1 Å². The van der Waals surface area contributed by atoms with Crippen molar-refractivity contribution in [2.24, 2.45) is 0 Å². The van der Waals surface area contributed by atoms with Crippen LogP contribution in [0.1, 0.15) is 5.69 Å². The van der Waals surface area contributed by atoms with Crippen LogP contribution in [-0.2, 0) is 4.79 Å². The van der Waals surface area contributed by atoms with Gasteiger partial charge in [-0.2, -0.15) is 0 Å². The van der Waals surface area contributed by atoms with E-state index in [-0.39, 0.29) is 0 Å². The molecule has 4 heteroatoms. The van der Waals surface area contributed by atoms with Crippen molar-refractivity contribution in [3.8, 4) is 0 Å². The Morgan fingerprint density at radius 3 is 2.88 bits per heavy atom. The van der Waals surface area contributed by atoms with Gasteiger partial charge in [-0.15, -0.1) is 0 Å². The van der Waals surface area contributed by atoms with Gasteiger partial charge in [-0.05, 0) is 34.1 Å². The van der Waals surface area contributed by atoms with E-state index in [9.17, 15) is 4.79 Å². The van der Waals surface area contributed by atoms with Gasteiger partial charge < -0.3 is 5.11 Å². The SMILES string of the molecule is O=C(O)/C=C/c1ccc2cccc(Br)c2n1. The minimum atomic E-state index is -0.978. The number of aromatic nitrogens is 1. The maximum absolute atomic E-state index is 10.4. The fourth-order valence-electron chi connectivity index (χ4n) is 1.38. The number of halogens is 1. The molecule has 0 saturated heterocycles. The molecule has 1 heterocycles. The molecular formula is C12H8BrNO2. The van der Waals surface area contributed by atoms with Gasteiger partial charge in [0.15, 0.2) is 0 Å². The van der Waals surface area contributed by atoms with Crippen LogP contribution >= 0.6 is 15.9 Å². The van der Waals surface area contributed by atoms with Crippen molar-refractivity contribution < 1.29 is 9.90 Å². The third kappa shape index (κ3) is 2.28. The quantitative estimate of drug-likeness (QED) is 0.859. The molecule has 1 aromatic carbocycles. The lowest BCUT2D eigenvalue weighted by Gasteiger charge is -2.00. The third-order valence-corrected chi connectivity index (χ3v) is 2.73. The van der Waals surface area contributed by atoms with Gasteiger partial charge in [0, 0.05) is 15.9 Å². The highest BCUT2D eigenvalue weighted by molar-refractivity contribution is 9.10. The molecule has 16 heavy (non-hydrogen) atoms. The number of carboxylic acids is 1. The number of carboxylic acid groups (broad SMARTS) is 1. The molecule has 2 rings (SSSR count). The van der Waals surface area contributed by atoms with E-state index in [0.29, 0.717) is 5.69 Å². The van der Waals surface area contributed by atoms with Crippen molar-refractivity contribution in [1.29, 1.82) is 0 Å². The van der Waals surface area contributed by atoms with Crippen LogP contribution in [0.4, 0.5) is 0 Å². The first kappa shape index (κ1) is 10.8. The Labute approximate surface area is 101 Å². The van der Waals surface area contributed by atoms with Crippen molar-refractivity contribution in [2.45, 2.75) is 0 Å². The summed E-state index contributed by atoms with van der Waals surface area (Å²) < 4.78 is 0.899. The number of aliphatic carboxylic acids is 1. The Balaban J connectivity index is 2.51. The number of carbonyl (C=O) groups is 1. The fourth-order valence-corrected chi connectivity index (χ4v) is 1.85. The number of fused-ring (bicyclic) bond motifs is 1. The standard InChI is InChI=1S/C12H8BrNO2/c13-10-3-1-2-8-4-5-9(14-12(8)10)6-7-11(15)16/h1-7H,(H,15,16)/b7-6+. The normalized spacial score (nSPS) is 11.1. The van der Waals surface area contributed by atoms with Crippen LogP contribution in [0.2, 0.25) is 0 Å². The van der Waals surface area contributed by atoms with Crippen molar-refractivity contribution in [2.75, 3.05) is 0 Å². The molecule has 1 N–H and O–H groups in total. The second kappa shape index (κ2) is 4.45. The zero-order chi connectivity index (χ0) is 11.5. The first-order valence-electron chi connectivity index (χ1n) is 4.63. The summed E-state index contributed by atoms with van der Waals surface area (Å²) in [4.78, 5) is 14.7. The molecule has 0 radical (unpaired) electrons. The zero-order valence-electron chi connectivity index (χ0n) is 8.22. The van der Waals surface area contributed by atoms with Gasteiger partial charge in [0.2, 0.25) is 0 Å². The van der Waals surface area contributed by atoms with E-state index in [0.717, 1.165) is 21.5 Å². The fraction of sp³-hybridized carbons (Fsp3) is 0. The molecule has 0 fully saturated rings. The molecule has 0 amide bonds. The number of para-hydroxylation sites is 1. The largest absolute Gasteiger partial charge is 0.478 e. The Bertz CT molecular complexity index is 578.